The fourth-order valence-corrected chi connectivity index (χ4v) is 3.82. The summed E-state index contributed by atoms with van der Waals surface area (Å²) < 4.78 is 10.3. The van der Waals surface area contributed by atoms with Gasteiger partial charge in [0.05, 0.1) is 35.4 Å². The van der Waals surface area contributed by atoms with E-state index in [-0.39, 0.29) is 29.5 Å². The highest BCUT2D eigenvalue weighted by molar-refractivity contribution is 6.46. The number of ketones is 1. The second-order valence-electron chi connectivity index (χ2n) is 6.84. The molecule has 1 aliphatic heterocycles. The zero-order chi connectivity index (χ0) is 22.0. The van der Waals surface area contributed by atoms with Crippen molar-refractivity contribution in [2.24, 2.45) is 0 Å². The van der Waals surface area contributed by atoms with Crippen molar-refractivity contribution in [2.75, 3.05) is 27.4 Å². The predicted octanol–water partition coefficient (Wildman–Crippen LogP) is 4.38. The minimum absolute atomic E-state index is 0.0148. The van der Waals surface area contributed by atoms with E-state index in [1.807, 2.05) is 6.92 Å². The number of rotatable bonds is 6. The average molecular weight is 450 g/mol. The Morgan fingerprint density at radius 3 is 2.43 bits per heavy atom. The van der Waals surface area contributed by atoms with Crippen LogP contribution in [0.4, 0.5) is 0 Å². The van der Waals surface area contributed by atoms with Gasteiger partial charge in [0, 0.05) is 19.2 Å². The summed E-state index contributed by atoms with van der Waals surface area (Å²) in [5.41, 5.74) is 1.73. The normalized spacial score (nSPS) is 18.2. The van der Waals surface area contributed by atoms with E-state index in [0.29, 0.717) is 21.9 Å². The third-order valence-electron chi connectivity index (χ3n) is 5.00. The summed E-state index contributed by atoms with van der Waals surface area (Å²) in [4.78, 5) is 27.0. The second-order valence-corrected chi connectivity index (χ2v) is 7.66. The van der Waals surface area contributed by atoms with Gasteiger partial charge in [0.15, 0.2) is 0 Å². The maximum absolute atomic E-state index is 12.9. The van der Waals surface area contributed by atoms with E-state index >= 15 is 0 Å². The Bertz CT molecular complexity index is 1030. The highest BCUT2D eigenvalue weighted by Crippen LogP contribution is 2.41. The number of Topliss-reactive ketones (excluding diaryl/α,β-unsaturated/α-hetero) is 1. The third-order valence-corrected chi connectivity index (χ3v) is 5.74. The molecule has 1 saturated heterocycles. The molecule has 0 bridgehead atoms. The maximum Gasteiger partial charge on any atom is 0.295 e. The fraction of sp³-hybridized carbons (Fsp3) is 0.273. The number of carbonyl (C=O) groups excluding carboxylic acids is 2. The first kappa shape index (κ1) is 22.2. The van der Waals surface area contributed by atoms with Crippen LogP contribution in [0.5, 0.6) is 5.75 Å². The molecule has 30 heavy (non-hydrogen) atoms. The number of likely N-dealkylation sites (tertiary alicyclic amines) is 1. The van der Waals surface area contributed by atoms with Gasteiger partial charge in [0.1, 0.15) is 11.5 Å². The van der Waals surface area contributed by atoms with Gasteiger partial charge < -0.3 is 19.5 Å². The molecule has 0 unspecified atom stereocenters. The molecular formula is C22H21Cl2NO5. The number of nitrogens with zero attached hydrogens (tertiary/aromatic N) is 1. The van der Waals surface area contributed by atoms with Crippen molar-refractivity contribution in [3.8, 4) is 5.75 Å². The SMILES string of the molecule is COCCN1C(=O)C(=O)C(=C(O)c2ccc(OC)c(C)c2)[C@@H]1c1ccc(Cl)c(Cl)c1. The Balaban J connectivity index is 2.19. The van der Waals surface area contributed by atoms with Gasteiger partial charge in [0.25, 0.3) is 11.7 Å². The number of amides is 1. The van der Waals surface area contributed by atoms with Crippen molar-refractivity contribution in [2.45, 2.75) is 13.0 Å². The number of halogens is 2. The molecule has 0 aromatic heterocycles. The summed E-state index contributed by atoms with van der Waals surface area (Å²) in [6, 6.07) is 9.06. The van der Waals surface area contributed by atoms with E-state index in [0.717, 1.165) is 5.56 Å². The van der Waals surface area contributed by atoms with Crippen LogP contribution >= 0.6 is 23.2 Å². The van der Waals surface area contributed by atoms with E-state index in [1.165, 1.54) is 12.0 Å². The summed E-state index contributed by atoms with van der Waals surface area (Å²) >= 11 is 12.2. The predicted molar refractivity (Wildman–Crippen MR) is 115 cm³/mol. The molecule has 1 atom stereocenters. The van der Waals surface area contributed by atoms with Crippen molar-refractivity contribution in [1.29, 1.82) is 0 Å². The molecule has 2 aromatic rings. The lowest BCUT2D eigenvalue weighted by atomic mass is 9.95. The Morgan fingerprint density at radius 2 is 1.83 bits per heavy atom. The Kier molecular flexibility index (Phi) is 6.71. The number of benzene rings is 2. The lowest BCUT2D eigenvalue weighted by molar-refractivity contribution is -0.140. The molecule has 6 nitrogen and oxygen atoms in total. The molecule has 0 aliphatic carbocycles. The number of aliphatic hydroxyl groups excluding tert-OH is 1. The van der Waals surface area contributed by atoms with Gasteiger partial charge in [-0.05, 0) is 48.4 Å². The molecule has 1 N–H and O–H groups in total. The summed E-state index contributed by atoms with van der Waals surface area (Å²) in [5.74, 6) is -1.11. The first-order chi connectivity index (χ1) is 14.3. The lowest BCUT2D eigenvalue weighted by Crippen LogP contribution is -2.32. The Morgan fingerprint density at radius 1 is 1.10 bits per heavy atom. The van der Waals surface area contributed by atoms with Crippen molar-refractivity contribution in [3.63, 3.8) is 0 Å². The first-order valence-electron chi connectivity index (χ1n) is 9.17. The molecule has 0 spiro atoms. The standard InChI is InChI=1S/C22H21Cl2NO5/c1-12-10-14(5-7-17(12)30-3)20(26)18-19(13-4-6-15(23)16(24)11-13)25(8-9-29-2)22(28)21(18)27/h4-7,10-11,19,26H,8-9H2,1-3H3/t19-/m0/s1. The van der Waals surface area contributed by atoms with Crippen LogP contribution in [-0.2, 0) is 14.3 Å². The van der Waals surface area contributed by atoms with Gasteiger partial charge in [0.2, 0.25) is 0 Å². The van der Waals surface area contributed by atoms with Crippen LogP contribution in [-0.4, -0.2) is 49.1 Å². The maximum atomic E-state index is 12.9. The summed E-state index contributed by atoms with van der Waals surface area (Å²) in [7, 11) is 3.05. The highest BCUT2D eigenvalue weighted by Gasteiger charge is 2.46. The van der Waals surface area contributed by atoms with Gasteiger partial charge in [-0.15, -0.1) is 0 Å². The van der Waals surface area contributed by atoms with Crippen LogP contribution in [0.15, 0.2) is 42.0 Å². The second kappa shape index (κ2) is 9.08. The van der Waals surface area contributed by atoms with E-state index < -0.39 is 17.7 Å². The number of aryl methyl sites for hydroxylation is 1. The molecule has 1 aliphatic rings. The molecule has 1 fully saturated rings. The number of ether oxygens (including phenoxy) is 2. The number of hydrogen-bond acceptors (Lipinski definition) is 5. The minimum Gasteiger partial charge on any atom is -0.507 e. The smallest absolute Gasteiger partial charge is 0.295 e. The zero-order valence-corrected chi connectivity index (χ0v) is 18.3. The van der Waals surface area contributed by atoms with Crippen LogP contribution in [0.3, 0.4) is 0 Å². The van der Waals surface area contributed by atoms with Crippen LogP contribution in [0.2, 0.25) is 10.0 Å². The van der Waals surface area contributed by atoms with Gasteiger partial charge in [-0.1, -0.05) is 29.3 Å². The van der Waals surface area contributed by atoms with Crippen molar-refractivity contribution in [3.05, 3.63) is 68.7 Å². The molecule has 2 aromatic carbocycles. The first-order valence-corrected chi connectivity index (χ1v) is 9.93. The largest absolute Gasteiger partial charge is 0.507 e. The zero-order valence-electron chi connectivity index (χ0n) is 16.7. The number of hydrogen-bond donors (Lipinski definition) is 1. The fourth-order valence-electron chi connectivity index (χ4n) is 3.51. The molecule has 0 radical (unpaired) electrons. The molecule has 0 saturated carbocycles. The molecule has 1 heterocycles. The van der Waals surface area contributed by atoms with Gasteiger partial charge in [-0.2, -0.15) is 0 Å². The van der Waals surface area contributed by atoms with Crippen LogP contribution in [0.1, 0.15) is 22.7 Å². The molecule has 158 valence electrons. The Hall–Kier alpha value is -2.54. The van der Waals surface area contributed by atoms with Gasteiger partial charge in [-0.3, -0.25) is 9.59 Å². The van der Waals surface area contributed by atoms with Crippen LogP contribution < -0.4 is 4.74 Å². The quantitative estimate of drug-likeness (QED) is 0.402. The van der Waals surface area contributed by atoms with E-state index in [4.69, 9.17) is 32.7 Å². The van der Waals surface area contributed by atoms with Crippen LogP contribution in [0.25, 0.3) is 5.76 Å². The summed E-state index contributed by atoms with van der Waals surface area (Å²) in [6.07, 6.45) is 0. The van der Waals surface area contributed by atoms with E-state index in [9.17, 15) is 14.7 Å². The van der Waals surface area contributed by atoms with Crippen molar-refractivity contribution < 1.29 is 24.2 Å². The topological polar surface area (TPSA) is 76.1 Å². The number of carbonyl (C=O) groups is 2. The average Bonchev–Trinajstić information content (AvgIpc) is 2.98. The van der Waals surface area contributed by atoms with Crippen molar-refractivity contribution in [1.82, 2.24) is 4.90 Å². The van der Waals surface area contributed by atoms with E-state index in [1.54, 1.807) is 43.5 Å². The third kappa shape index (κ3) is 4.03. The monoisotopic (exact) mass is 449 g/mol. The molecule has 8 heteroatoms. The molecule has 1 amide bonds. The number of methoxy groups -OCH3 is 2. The Labute approximate surface area is 184 Å². The number of aliphatic hydroxyl groups is 1. The molecular weight excluding hydrogens is 429 g/mol. The van der Waals surface area contributed by atoms with Gasteiger partial charge >= 0.3 is 0 Å². The summed E-state index contributed by atoms with van der Waals surface area (Å²) in [5, 5.41) is 11.7. The minimum atomic E-state index is -0.822. The van der Waals surface area contributed by atoms with Crippen LogP contribution in [0, 0.1) is 6.92 Å². The van der Waals surface area contributed by atoms with Crippen molar-refractivity contribution >= 4 is 40.7 Å². The summed E-state index contributed by atoms with van der Waals surface area (Å²) in [6.45, 7) is 2.22. The lowest BCUT2D eigenvalue weighted by Gasteiger charge is -2.25. The highest BCUT2D eigenvalue weighted by atomic mass is 35.5. The van der Waals surface area contributed by atoms with E-state index in [2.05, 4.69) is 0 Å². The van der Waals surface area contributed by atoms with Gasteiger partial charge in [-0.25, -0.2) is 0 Å². The molecule has 3 rings (SSSR count).